The van der Waals surface area contributed by atoms with Gasteiger partial charge in [0.25, 0.3) is 11.8 Å². The Labute approximate surface area is 244 Å². The van der Waals surface area contributed by atoms with E-state index in [4.69, 9.17) is 20.1 Å². The van der Waals surface area contributed by atoms with Gasteiger partial charge in [-0.15, -0.1) is 0 Å². The van der Waals surface area contributed by atoms with Gasteiger partial charge in [0.15, 0.2) is 5.82 Å². The van der Waals surface area contributed by atoms with Crippen LogP contribution in [0.5, 0.6) is 0 Å². The molecule has 15 heteroatoms. The smallest absolute Gasteiger partial charge is 0.419 e. The number of aromatic nitrogens is 2. The number of amides is 3. The van der Waals surface area contributed by atoms with Crippen LogP contribution in [0, 0.1) is 13.8 Å². The van der Waals surface area contributed by atoms with Crippen LogP contribution in [0.15, 0.2) is 58.4 Å². The predicted octanol–water partition coefficient (Wildman–Crippen LogP) is 2.80. The molecule has 0 aliphatic heterocycles. The topological polar surface area (TPSA) is 209 Å². The van der Waals surface area contributed by atoms with Crippen molar-refractivity contribution in [1.82, 2.24) is 14.6 Å². The third-order valence-corrected chi connectivity index (χ3v) is 6.37. The molecule has 0 saturated heterocycles. The highest BCUT2D eigenvalue weighted by Gasteiger charge is 2.40. The van der Waals surface area contributed by atoms with E-state index in [2.05, 4.69) is 20.2 Å². The Morgan fingerprint density at radius 3 is 2.58 bits per heavy atom. The van der Waals surface area contributed by atoms with Crippen molar-refractivity contribution in [1.29, 1.82) is 0 Å². The predicted molar refractivity (Wildman–Crippen MR) is 150 cm³/mol. The van der Waals surface area contributed by atoms with Gasteiger partial charge in [0.2, 0.25) is 6.79 Å². The van der Waals surface area contributed by atoms with Crippen molar-refractivity contribution < 1.29 is 43.1 Å². The van der Waals surface area contributed by atoms with Gasteiger partial charge in [-0.05, 0) is 49.9 Å². The number of benzene rings is 1. The fourth-order valence-corrected chi connectivity index (χ4v) is 4.11. The molecular weight excluding hydrogens is 564 g/mol. The zero-order chi connectivity index (χ0) is 31.3. The molecule has 4 N–H and O–H groups in total. The molecule has 224 valence electrons. The van der Waals surface area contributed by atoms with Crippen LogP contribution >= 0.6 is 0 Å². The second kappa shape index (κ2) is 12.8. The van der Waals surface area contributed by atoms with Crippen LogP contribution in [0.1, 0.15) is 50.4 Å². The molecule has 2 heterocycles. The number of amidine groups is 1. The molecule has 1 aliphatic rings. The van der Waals surface area contributed by atoms with Crippen LogP contribution in [0.2, 0.25) is 0 Å². The third-order valence-electron chi connectivity index (χ3n) is 6.37. The summed E-state index contributed by atoms with van der Waals surface area (Å²) >= 11 is 0. The summed E-state index contributed by atoms with van der Waals surface area (Å²) in [5.74, 6) is -3.13. The minimum atomic E-state index is -1.35. The maximum atomic E-state index is 13.5. The molecule has 0 radical (unpaired) electrons. The van der Waals surface area contributed by atoms with Crippen LogP contribution in [0.25, 0.3) is 0 Å². The SMILES string of the molecule is Cc1ccc(C(=O)Nc2ccon2)cc1N=C(N)c1c(C)c(C(=O)N(C(=O)OCOC(=O)/C=C/C(=O)O)C2CC2)cn1C. The van der Waals surface area contributed by atoms with Gasteiger partial charge in [-0.25, -0.2) is 24.3 Å². The number of carbonyl (C=O) groups is 5. The minimum Gasteiger partial charge on any atom is -0.478 e. The number of carbonyl (C=O) groups excluding carboxylic acids is 4. The summed E-state index contributed by atoms with van der Waals surface area (Å²) in [5.41, 5.74) is 8.92. The van der Waals surface area contributed by atoms with Crippen molar-refractivity contribution in [3.05, 3.63) is 76.8 Å². The molecule has 43 heavy (non-hydrogen) atoms. The Balaban J connectivity index is 1.52. The van der Waals surface area contributed by atoms with E-state index in [1.165, 1.54) is 18.5 Å². The number of ether oxygens (including phenoxy) is 2. The molecule has 1 fully saturated rings. The Morgan fingerprint density at radius 2 is 1.93 bits per heavy atom. The van der Waals surface area contributed by atoms with Crippen molar-refractivity contribution in [2.45, 2.75) is 32.7 Å². The molecule has 3 aromatic rings. The van der Waals surface area contributed by atoms with Crippen molar-refractivity contribution >= 4 is 47.2 Å². The van der Waals surface area contributed by atoms with Crippen molar-refractivity contribution in [2.75, 3.05) is 12.1 Å². The standard InChI is InChI=1S/C28H28N6O9/c1-15-4-5-17(26(38)31-21-10-11-43-32-21)12-20(15)30-25(29)24-16(2)19(13-33(24)3)27(39)34(18-6-7-18)28(40)42-14-41-23(37)9-8-22(35)36/h4-5,8-13,18H,6-7,14H2,1-3H3,(H2,29,30)(H,35,36)(H,31,32,38)/b9-8+. The van der Waals surface area contributed by atoms with Gasteiger partial charge < -0.3 is 34.7 Å². The fraction of sp³-hybridized carbons (Fsp3) is 0.250. The van der Waals surface area contributed by atoms with Crippen LogP contribution < -0.4 is 11.1 Å². The second-order valence-electron chi connectivity index (χ2n) is 9.53. The number of anilines is 1. The second-order valence-corrected chi connectivity index (χ2v) is 9.53. The van der Waals surface area contributed by atoms with Crippen LogP contribution in [0.3, 0.4) is 0 Å². The number of nitrogens with one attached hydrogen (secondary N) is 1. The van der Waals surface area contributed by atoms with Crippen molar-refractivity contribution in [2.24, 2.45) is 17.8 Å². The number of carboxylic acids is 1. The van der Waals surface area contributed by atoms with Crippen LogP contribution in [0.4, 0.5) is 16.3 Å². The Hall–Kier alpha value is -5.73. The number of esters is 1. The number of nitrogens with zero attached hydrogens (tertiary/aromatic N) is 4. The van der Waals surface area contributed by atoms with E-state index >= 15 is 0 Å². The van der Waals surface area contributed by atoms with E-state index in [1.54, 1.807) is 43.7 Å². The number of nitrogens with two attached hydrogens (primary N) is 1. The lowest BCUT2D eigenvalue weighted by molar-refractivity contribution is -0.146. The number of imide groups is 1. The Morgan fingerprint density at radius 1 is 1.19 bits per heavy atom. The highest BCUT2D eigenvalue weighted by molar-refractivity contribution is 6.08. The summed E-state index contributed by atoms with van der Waals surface area (Å²) in [6, 6.07) is 6.02. The van der Waals surface area contributed by atoms with E-state index in [9.17, 15) is 24.0 Å². The normalized spacial score (nSPS) is 13.0. The summed E-state index contributed by atoms with van der Waals surface area (Å²) in [6.07, 6.45) is 4.20. The summed E-state index contributed by atoms with van der Waals surface area (Å²) in [4.78, 5) is 66.4. The minimum absolute atomic E-state index is 0.0677. The van der Waals surface area contributed by atoms with Gasteiger partial charge in [-0.2, -0.15) is 0 Å². The summed E-state index contributed by atoms with van der Waals surface area (Å²) in [5, 5.41) is 14.8. The van der Waals surface area contributed by atoms with Crippen LogP contribution in [-0.2, 0) is 26.1 Å². The number of aliphatic carboxylic acids is 1. The number of rotatable bonds is 10. The molecule has 1 saturated carbocycles. The van der Waals surface area contributed by atoms with Gasteiger partial charge in [0.1, 0.15) is 12.1 Å². The zero-order valence-corrected chi connectivity index (χ0v) is 23.4. The number of hydrogen-bond acceptors (Lipinski definition) is 10. The largest absolute Gasteiger partial charge is 0.478 e. The maximum Gasteiger partial charge on any atom is 0.419 e. The van der Waals surface area contributed by atoms with Gasteiger partial charge >= 0.3 is 18.0 Å². The summed E-state index contributed by atoms with van der Waals surface area (Å²) in [6.45, 7) is 2.65. The molecule has 3 amide bonds. The number of aliphatic imine (C=N–C) groups is 1. The Bertz CT molecular complexity index is 1630. The Kier molecular flexibility index (Phi) is 9.03. The zero-order valence-electron chi connectivity index (χ0n) is 23.4. The molecule has 0 bridgehead atoms. The first-order chi connectivity index (χ1) is 20.5. The van der Waals surface area contributed by atoms with E-state index in [0.29, 0.717) is 47.5 Å². The maximum absolute atomic E-state index is 13.5. The van der Waals surface area contributed by atoms with E-state index in [0.717, 1.165) is 10.5 Å². The average molecular weight is 593 g/mol. The van der Waals surface area contributed by atoms with E-state index < -0.39 is 42.7 Å². The lowest BCUT2D eigenvalue weighted by Crippen LogP contribution is -2.39. The number of carboxylic acid groups (broad SMARTS) is 1. The quantitative estimate of drug-likeness (QED) is 0.102. The fourth-order valence-electron chi connectivity index (χ4n) is 4.11. The van der Waals surface area contributed by atoms with Crippen molar-refractivity contribution in [3.8, 4) is 0 Å². The van der Waals surface area contributed by atoms with Gasteiger partial charge in [-0.1, -0.05) is 11.2 Å². The average Bonchev–Trinajstić information content (AvgIpc) is 3.55. The lowest BCUT2D eigenvalue weighted by Gasteiger charge is -2.19. The first-order valence-corrected chi connectivity index (χ1v) is 12.9. The molecular formula is C28H28N6O9. The first-order valence-electron chi connectivity index (χ1n) is 12.9. The van der Waals surface area contributed by atoms with Gasteiger partial charge in [0, 0.05) is 43.1 Å². The molecule has 1 aliphatic carbocycles. The van der Waals surface area contributed by atoms with E-state index in [-0.39, 0.29) is 17.2 Å². The molecule has 1 aromatic carbocycles. The van der Waals surface area contributed by atoms with Crippen molar-refractivity contribution in [3.63, 3.8) is 0 Å². The molecule has 0 spiro atoms. The van der Waals surface area contributed by atoms with Crippen LogP contribution in [-0.4, -0.2) is 68.2 Å². The number of aryl methyl sites for hydroxylation is 2. The summed E-state index contributed by atoms with van der Waals surface area (Å²) in [7, 11) is 1.67. The number of hydrogen-bond donors (Lipinski definition) is 3. The highest BCUT2D eigenvalue weighted by atomic mass is 16.7. The monoisotopic (exact) mass is 592 g/mol. The molecule has 4 rings (SSSR count). The van der Waals surface area contributed by atoms with E-state index in [1.807, 2.05) is 0 Å². The molecule has 0 unspecified atom stereocenters. The summed E-state index contributed by atoms with van der Waals surface area (Å²) < 4.78 is 15.9. The lowest BCUT2D eigenvalue weighted by atomic mass is 10.1. The third kappa shape index (κ3) is 7.32. The molecule has 15 nitrogen and oxygen atoms in total. The molecule has 2 aromatic heterocycles. The van der Waals surface area contributed by atoms with Gasteiger partial charge in [-0.3, -0.25) is 9.59 Å². The first kappa shape index (κ1) is 30.2. The van der Waals surface area contributed by atoms with Gasteiger partial charge in [0.05, 0.1) is 16.9 Å². The highest BCUT2D eigenvalue weighted by Crippen LogP contribution is 2.31. The molecule has 0 atom stereocenters.